The SMILES string of the molecule is O=C(Cl)OC(CN1CCCC(c2cccc(F)c2)C1)C(F)(F)F. The Bertz CT molecular complexity index is 553. The highest BCUT2D eigenvalue weighted by Gasteiger charge is 2.44. The zero-order valence-corrected chi connectivity index (χ0v) is 12.9. The van der Waals surface area contributed by atoms with Crippen LogP contribution in [0.2, 0.25) is 0 Å². The predicted octanol–water partition coefficient (Wildman–Crippen LogP) is 4.31. The van der Waals surface area contributed by atoms with E-state index in [2.05, 4.69) is 4.74 Å². The first kappa shape index (κ1) is 18.0. The monoisotopic (exact) mass is 353 g/mol. The fraction of sp³-hybridized carbons (Fsp3) is 0.533. The Morgan fingerprint density at radius 2 is 2.17 bits per heavy atom. The van der Waals surface area contributed by atoms with Crippen LogP contribution in [0.4, 0.5) is 22.4 Å². The normalized spacial score (nSPS) is 21.0. The first-order chi connectivity index (χ1) is 10.8. The van der Waals surface area contributed by atoms with Crippen molar-refractivity contribution < 1.29 is 27.1 Å². The number of carbonyl (C=O) groups excluding carboxylic acids is 1. The Morgan fingerprint density at radius 3 is 2.78 bits per heavy atom. The number of piperidine rings is 1. The van der Waals surface area contributed by atoms with Gasteiger partial charge in [0, 0.05) is 24.7 Å². The second-order valence-corrected chi connectivity index (χ2v) is 5.85. The lowest BCUT2D eigenvalue weighted by Gasteiger charge is -2.35. The van der Waals surface area contributed by atoms with Crippen LogP contribution in [-0.4, -0.2) is 42.2 Å². The molecule has 1 heterocycles. The number of alkyl halides is 3. The molecule has 1 aromatic carbocycles. The topological polar surface area (TPSA) is 29.5 Å². The van der Waals surface area contributed by atoms with Gasteiger partial charge in [-0.1, -0.05) is 12.1 Å². The van der Waals surface area contributed by atoms with Gasteiger partial charge in [-0.2, -0.15) is 13.2 Å². The highest BCUT2D eigenvalue weighted by molar-refractivity contribution is 6.61. The van der Waals surface area contributed by atoms with Crippen molar-refractivity contribution in [3.8, 4) is 0 Å². The van der Waals surface area contributed by atoms with Gasteiger partial charge in [0.15, 0.2) is 0 Å². The number of ether oxygens (including phenoxy) is 1. The van der Waals surface area contributed by atoms with Gasteiger partial charge in [-0.15, -0.1) is 0 Å². The molecule has 1 fully saturated rings. The van der Waals surface area contributed by atoms with E-state index in [-0.39, 0.29) is 11.7 Å². The molecule has 1 aliphatic heterocycles. The van der Waals surface area contributed by atoms with Crippen LogP contribution in [0, 0.1) is 5.82 Å². The molecule has 0 bridgehead atoms. The van der Waals surface area contributed by atoms with Crippen LogP contribution in [0.1, 0.15) is 24.3 Å². The Kier molecular flexibility index (Phi) is 5.86. The van der Waals surface area contributed by atoms with Crippen molar-refractivity contribution in [2.45, 2.75) is 31.0 Å². The number of benzene rings is 1. The summed E-state index contributed by atoms with van der Waals surface area (Å²) in [5.41, 5.74) is -0.724. The maximum Gasteiger partial charge on any atom is 0.426 e. The van der Waals surface area contributed by atoms with Crippen LogP contribution < -0.4 is 0 Å². The summed E-state index contributed by atoms with van der Waals surface area (Å²) >= 11 is 4.92. The van der Waals surface area contributed by atoms with Crippen LogP contribution >= 0.6 is 11.6 Å². The Labute approximate surface area is 136 Å². The summed E-state index contributed by atoms with van der Waals surface area (Å²) in [4.78, 5) is 12.2. The van der Waals surface area contributed by atoms with Crippen LogP contribution in [-0.2, 0) is 4.74 Å². The predicted molar refractivity (Wildman–Crippen MR) is 77.0 cm³/mol. The van der Waals surface area contributed by atoms with Crippen molar-refractivity contribution in [1.82, 2.24) is 4.90 Å². The summed E-state index contributed by atoms with van der Waals surface area (Å²) in [7, 11) is 0. The zero-order valence-electron chi connectivity index (χ0n) is 12.2. The summed E-state index contributed by atoms with van der Waals surface area (Å²) in [5, 5.41) is 0. The number of halogens is 5. The first-order valence-corrected chi connectivity index (χ1v) is 7.54. The molecule has 0 radical (unpaired) electrons. The third kappa shape index (κ3) is 5.35. The molecule has 2 rings (SSSR count). The second-order valence-electron chi connectivity index (χ2n) is 5.54. The number of hydrogen-bond donors (Lipinski definition) is 0. The van der Waals surface area contributed by atoms with E-state index in [1.807, 2.05) is 0 Å². The zero-order chi connectivity index (χ0) is 17.0. The summed E-state index contributed by atoms with van der Waals surface area (Å²) in [6.07, 6.45) is -5.50. The Balaban J connectivity index is 2.03. The fourth-order valence-corrected chi connectivity index (χ4v) is 2.92. The van der Waals surface area contributed by atoms with E-state index < -0.39 is 24.3 Å². The Morgan fingerprint density at radius 1 is 1.43 bits per heavy atom. The molecule has 1 saturated heterocycles. The van der Waals surface area contributed by atoms with E-state index in [1.54, 1.807) is 17.0 Å². The number of nitrogens with zero attached hydrogens (tertiary/aromatic N) is 1. The molecule has 128 valence electrons. The molecule has 3 nitrogen and oxygen atoms in total. The second kappa shape index (κ2) is 7.49. The molecule has 0 spiro atoms. The molecule has 0 N–H and O–H groups in total. The molecule has 1 aliphatic rings. The van der Waals surface area contributed by atoms with Crippen LogP contribution in [0.3, 0.4) is 0 Å². The highest BCUT2D eigenvalue weighted by Crippen LogP contribution is 2.30. The van der Waals surface area contributed by atoms with Crippen molar-refractivity contribution >= 4 is 17.0 Å². The van der Waals surface area contributed by atoms with Gasteiger partial charge in [-0.3, -0.25) is 4.90 Å². The third-order valence-electron chi connectivity index (χ3n) is 3.85. The maximum absolute atomic E-state index is 13.3. The summed E-state index contributed by atoms with van der Waals surface area (Å²) in [6.45, 7) is 0.321. The molecule has 1 aromatic rings. The van der Waals surface area contributed by atoms with Gasteiger partial charge >= 0.3 is 11.6 Å². The molecular weight excluding hydrogens is 338 g/mol. The van der Waals surface area contributed by atoms with E-state index in [0.29, 0.717) is 19.5 Å². The maximum atomic E-state index is 13.3. The van der Waals surface area contributed by atoms with Gasteiger partial charge in [-0.05, 0) is 43.0 Å². The van der Waals surface area contributed by atoms with Gasteiger partial charge in [0.1, 0.15) is 5.82 Å². The lowest BCUT2D eigenvalue weighted by molar-refractivity contribution is -0.206. The third-order valence-corrected chi connectivity index (χ3v) is 3.94. The molecule has 0 aliphatic carbocycles. The van der Waals surface area contributed by atoms with Crippen molar-refractivity contribution in [2.75, 3.05) is 19.6 Å². The minimum Gasteiger partial charge on any atom is -0.439 e. The molecule has 8 heteroatoms. The minimum atomic E-state index is -4.68. The minimum absolute atomic E-state index is 0.0555. The van der Waals surface area contributed by atoms with Crippen molar-refractivity contribution in [2.24, 2.45) is 0 Å². The molecule has 2 unspecified atom stereocenters. The highest BCUT2D eigenvalue weighted by atomic mass is 35.5. The van der Waals surface area contributed by atoms with Gasteiger partial charge in [0.25, 0.3) is 0 Å². The lowest BCUT2D eigenvalue weighted by atomic mass is 9.90. The van der Waals surface area contributed by atoms with E-state index in [9.17, 15) is 22.4 Å². The lowest BCUT2D eigenvalue weighted by Crippen LogP contribution is -2.46. The molecule has 2 atom stereocenters. The van der Waals surface area contributed by atoms with E-state index in [4.69, 9.17) is 11.6 Å². The van der Waals surface area contributed by atoms with Gasteiger partial charge in [0.05, 0.1) is 0 Å². The first-order valence-electron chi connectivity index (χ1n) is 7.16. The molecule has 0 saturated carbocycles. The van der Waals surface area contributed by atoms with Gasteiger partial charge in [-0.25, -0.2) is 9.18 Å². The van der Waals surface area contributed by atoms with Crippen molar-refractivity contribution in [1.29, 1.82) is 0 Å². The average Bonchev–Trinajstić information content (AvgIpc) is 2.45. The smallest absolute Gasteiger partial charge is 0.426 e. The fourth-order valence-electron chi connectivity index (χ4n) is 2.81. The molecule has 0 amide bonds. The van der Waals surface area contributed by atoms with E-state index in [1.165, 1.54) is 12.1 Å². The van der Waals surface area contributed by atoms with Crippen LogP contribution in [0.5, 0.6) is 0 Å². The quantitative estimate of drug-likeness (QED) is 0.596. The number of rotatable bonds is 4. The number of carbonyl (C=O) groups is 1. The molecular formula is C15H16ClF4NO2. The molecule has 23 heavy (non-hydrogen) atoms. The Hall–Kier alpha value is -1.34. The van der Waals surface area contributed by atoms with E-state index >= 15 is 0 Å². The van der Waals surface area contributed by atoms with Crippen molar-refractivity contribution in [3.05, 3.63) is 35.6 Å². The van der Waals surface area contributed by atoms with Crippen LogP contribution in [0.15, 0.2) is 24.3 Å². The largest absolute Gasteiger partial charge is 0.439 e. The summed E-state index contributed by atoms with van der Waals surface area (Å²) < 4.78 is 56.2. The summed E-state index contributed by atoms with van der Waals surface area (Å²) in [5.74, 6) is -0.427. The standard InChI is InChI=1S/C15H16ClF4NO2/c16-14(22)23-13(15(18,19)20)9-21-6-2-4-11(8-21)10-3-1-5-12(17)7-10/h1,3,5,7,11,13H,2,4,6,8-9H2. The molecule has 0 aromatic heterocycles. The van der Waals surface area contributed by atoms with Gasteiger partial charge < -0.3 is 4.74 Å². The van der Waals surface area contributed by atoms with Crippen molar-refractivity contribution in [3.63, 3.8) is 0 Å². The number of likely N-dealkylation sites (tertiary alicyclic amines) is 1. The summed E-state index contributed by atoms with van der Waals surface area (Å²) in [6, 6.07) is 6.06. The van der Waals surface area contributed by atoms with E-state index in [0.717, 1.165) is 12.0 Å². The van der Waals surface area contributed by atoms with Crippen LogP contribution in [0.25, 0.3) is 0 Å². The average molecular weight is 354 g/mol. The van der Waals surface area contributed by atoms with Gasteiger partial charge in [0.2, 0.25) is 6.10 Å². The number of hydrogen-bond acceptors (Lipinski definition) is 3.